The van der Waals surface area contributed by atoms with Gasteiger partial charge < -0.3 is 0 Å². The summed E-state index contributed by atoms with van der Waals surface area (Å²) in [7, 11) is 0. The maximum atomic E-state index is 13.4. The van der Waals surface area contributed by atoms with E-state index in [1.165, 1.54) is 0 Å². The van der Waals surface area contributed by atoms with Crippen molar-refractivity contribution >= 4 is 33.2 Å². The van der Waals surface area contributed by atoms with Gasteiger partial charge in [-0.25, -0.2) is 15.0 Å². The molecule has 6 nitrogen and oxygen atoms in total. The molecule has 1 unspecified atom stereocenters. The molecular formula is C22H19N5O. The third-order valence-corrected chi connectivity index (χ3v) is 5.27. The first-order chi connectivity index (χ1) is 13.7. The lowest BCUT2D eigenvalue weighted by molar-refractivity contribution is 0.510. The summed E-state index contributed by atoms with van der Waals surface area (Å²) in [6.45, 7) is 4.08. The molecule has 0 bridgehead atoms. The van der Waals surface area contributed by atoms with Crippen LogP contribution in [0.15, 0.2) is 65.7 Å². The van der Waals surface area contributed by atoms with Crippen molar-refractivity contribution in [3.63, 3.8) is 0 Å². The van der Waals surface area contributed by atoms with Crippen LogP contribution in [0.1, 0.15) is 26.3 Å². The van der Waals surface area contributed by atoms with Crippen LogP contribution in [0.25, 0.3) is 38.9 Å². The topological polar surface area (TPSA) is 65.6 Å². The molecular weight excluding hydrogens is 350 g/mol. The number of para-hydroxylation sites is 3. The predicted molar refractivity (Wildman–Crippen MR) is 111 cm³/mol. The minimum absolute atomic E-state index is 0.0629. The second-order valence-corrected chi connectivity index (χ2v) is 6.97. The van der Waals surface area contributed by atoms with Gasteiger partial charge in [-0.3, -0.25) is 13.9 Å². The minimum Gasteiger partial charge on any atom is -0.296 e. The van der Waals surface area contributed by atoms with Crippen LogP contribution in [0, 0.1) is 0 Å². The van der Waals surface area contributed by atoms with Gasteiger partial charge in [0.15, 0.2) is 11.3 Å². The van der Waals surface area contributed by atoms with E-state index >= 15 is 0 Å². The second-order valence-electron chi connectivity index (χ2n) is 6.97. The van der Waals surface area contributed by atoms with Gasteiger partial charge >= 0.3 is 0 Å². The number of hydrogen-bond acceptors (Lipinski definition) is 4. The van der Waals surface area contributed by atoms with E-state index < -0.39 is 0 Å². The van der Waals surface area contributed by atoms with Crippen LogP contribution >= 0.6 is 0 Å². The molecule has 0 spiro atoms. The van der Waals surface area contributed by atoms with E-state index in [1.54, 1.807) is 10.9 Å². The Labute approximate surface area is 161 Å². The van der Waals surface area contributed by atoms with Crippen molar-refractivity contribution in [2.45, 2.75) is 26.3 Å². The molecule has 5 rings (SSSR count). The molecule has 0 fully saturated rings. The molecule has 0 saturated carbocycles. The van der Waals surface area contributed by atoms with E-state index in [-0.39, 0.29) is 11.6 Å². The Kier molecular flexibility index (Phi) is 3.72. The first kappa shape index (κ1) is 16.6. The van der Waals surface area contributed by atoms with Crippen LogP contribution in [0.5, 0.6) is 0 Å². The monoisotopic (exact) mass is 369 g/mol. The zero-order valence-electron chi connectivity index (χ0n) is 15.7. The molecule has 0 N–H and O–H groups in total. The number of nitrogens with zero attached hydrogens (tertiary/aromatic N) is 5. The summed E-state index contributed by atoms with van der Waals surface area (Å²) in [5.74, 6) is 0. The Morgan fingerprint density at radius 3 is 2.32 bits per heavy atom. The zero-order valence-corrected chi connectivity index (χ0v) is 15.7. The Morgan fingerprint density at radius 2 is 1.61 bits per heavy atom. The SMILES string of the molecule is CCC(C)n1cnc2c(c1=O)c1nc3ccccc3nc1n2-c1ccccc1. The molecule has 6 heteroatoms. The highest BCUT2D eigenvalue weighted by Crippen LogP contribution is 2.28. The molecule has 0 aliphatic heterocycles. The molecule has 3 heterocycles. The number of fused-ring (bicyclic) bond motifs is 4. The highest BCUT2D eigenvalue weighted by molar-refractivity contribution is 6.05. The molecule has 5 aromatic rings. The zero-order chi connectivity index (χ0) is 19.3. The van der Waals surface area contributed by atoms with Crippen molar-refractivity contribution < 1.29 is 0 Å². The van der Waals surface area contributed by atoms with E-state index in [9.17, 15) is 4.79 Å². The van der Waals surface area contributed by atoms with Crippen molar-refractivity contribution in [3.05, 3.63) is 71.3 Å². The van der Waals surface area contributed by atoms with Gasteiger partial charge in [-0.1, -0.05) is 37.3 Å². The van der Waals surface area contributed by atoms with E-state index in [0.717, 1.165) is 23.1 Å². The van der Waals surface area contributed by atoms with Gasteiger partial charge in [0.25, 0.3) is 5.56 Å². The van der Waals surface area contributed by atoms with E-state index in [2.05, 4.69) is 11.9 Å². The average Bonchev–Trinajstić information content (AvgIpc) is 3.06. The lowest BCUT2D eigenvalue weighted by atomic mass is 10.2. The Bertz CT molecular complexity index is 1380. The fraction of sp³-hybridized carbons (Fsp3) is 0.182. The van der Waals surface area contributed by atoms with Crippen LogP contribution in [-0.4, -0.2) is 24.1 Å². The molecule has 0 amide bonds. The Hall–Kier alpha value is -3.54. The number of benzene rings is 2. The summed E-state index contributed by atoms with van der Waals surface area (Å²) >= 11 is 0. The van der Waals surface area contributed by atoms with Crippen LogP contribution in [0.2, 0.25) is 0 Å². The van der Waals surface area contributed by atoms with Gasteiger partial charge in [-0.15, -0.1) is 0 Å². The molecule has 0 aliphatic rings. The van der Waals surface area contributed by atoms with E-state index in [1.807, 2.05) is 66.1 Å². The summed E-state index contributed by atoms with van der Waals surface area (Å²) in [5, 5.41) is 0.514. The number of rotatable bonds is 3. The summed E-state index contributed by atoms with van der Waals surface area (Å²) < 4.78 is 3.61. The smallest absolute Gasteiger partial charge is 0.265 e. The third-order valence-electron chi connectivity index (χ3n) is 5.27. The molecule has 2 aromatic carbocycles. The van der Waals surface area contributed by atoms with Gasteiger partial charge in [0.1, 0.15) is 17.2 Å². The molecule has 28 heavy (non-hydrogen) atoms. The standard InChI is InChI=1S/C22H19N5O/c1-3-14(2)26-13-23-20-18(22(26)28)19-21(27(20)15-9-5-4-6-10-15)25-17-12-8-7-11-16(17)24-19/h4-14H,3H2,1-2H3. The van der Waals surface area contributed by atoms with Crippen molar-refractivity contribution in [1.82, 2.24) is 24.1 Å². The summed E-state index contributed by atoms with van der Waals surface area (Å²) in [6, 6.07) is 17.6. The predicted octanol–water partition coefficient (Wildman–Crippen LogP) is 4.25. The lowest BCUT2D eigenvalue weighted by Gasteiger charge is -2.12. The fourth-order valence-electron chi connectivity index (χ4n) is 3.58. The summed E-state index contributed by atoms with van der Waals surface area (Å²) in [5.41, 5.74) is 4.20. The Morgan fingerprint density at radius 1 is 0.929 bits per heavy atom. The van der Waals surface area contributed by atoms with Gasteiger partial charge in [0, 0.05) is 11.7 Å². The normalized spacial score (nSPS) is 12.8. The quantitative estimate of drug-likeness (QED) is 0.477. The first-order valence-electron chi connectivity index (χ1n) is 9.42. The van der Waals surface area contributed by atoms with Gasteiger partial charge in [0.2, 0.25) is 0 Å². The van der Waals surface area contributed by atoms with Crippen LogP contribution in [-0.2, 0) is 0 Å². The summed E-state index contributed by atoms with van der Waals surface area (Å²) in [6.07, 6.45) is 2.48. The van der Waals surface area contributed by atoms with Gasteiger partial charge in [0.05, 0.1) is 11.0 Å². The first-order valence-corrected chi connectivity index (χ1v) is 9.42. The fourth-order valence-corrected chi connectivity index (χ4v) is 3.58. The van der Waals surface area contributed by atoms with Gasteiger partial charge in [-0.2, -0.15) is 0 Å². The molecule has 1 atom stereocenters. The number of hydrogen-bond donors (Lipinski definition) is 0. The second kappa shape index (κ2) is 6.27. The van der Waals surface area contributed by atoms with Crippen molar-refractivity contribution in [2.24, 2.45) is 0 Å². The molecule has 0 radical (unpaired) electrons. The highest BCUT2D eigenvalue weighted by Gasteiger charge is 2.21. The number of aromatic nitrogens is 5. The van der Waals surface area contributed by atoms with Crippen molar-refractivity contribution in [3.8, 4) is 5.69 Å². The van der Waals surface area contributed by atoms with Crippen LogP contribution in [0.3, 0.4) is 0 Å². The molecule has 3 aromatic heterocycles. The maximum Gasteiger partial charge on any atom is 0.265 e. The van der Waals surface area contributed by atoms with Crippen molar-refractivity contribution in [1.29, 1.82) is 0 Å². The molecule has 138 valence electrons. The maximum absolute atomic E-state index is 13.4. The lowest BCUT2D eigenvalue weighted by Crippen LogP contribution is -2.23. The van der Waals surface area contributed by atoms with Crippen molar-refractivity contribution in [2.75, 3.05) is 0 Å². The van der Waals surface area contributed by atoms with E-state index in [0.29, 0.717) is 22.2 Å². The van der Waals surface area contributed by atoms with Crippen LogP contribution < -0.4 is 5.56 Å². The van der Waals surface area contributed by atoms with Crippen LogP contribution in [0.4, 0.5) is 0 Å². The van der Waals surface area contributed by atoms with Gasteiger partial charge in [-0.05, 0) is 37.6 Å². The average molecular weight is 369 g/mol. The Balaban J connectivity index is 2.00. The third kappa shape index (κ3) is 2.34. The summed E-state index contributed by atoms with van der Waals surface area (Å²) in [4.78, 5) is 27.7. The highest BCUT2D eigenvalue weighted by atomic mass is 16.1. The molecule has 0 aliphatic carbocycles. The van der Waals surface area contributed by atoms with E-state index in [4.69, 9.17) is 9.97 Å². The largest absolute Gasteiger partial charge is 0.296 e. The minimum atomic E-state index is -0.0800. The molecule has 0 saturated heterocycles.